The number of carbonyl (C=O) groups is 2. The lowest BCUT2D eigenvalue weighted by Crippen LogP contribution is -2.44. The van der Waals surface area contributed by atoms with Gasteiger partial charge in [0.15, 0.2) is 0 Å². The first-order valence-electron chi connectivity index (χ1n) is 9.12. The molecule has 1 aromatic carbocycles. The molecule has 0 spiro atoms. The van der Waals surface area contributed by atoms with Crippen LogP contribution in [-0.4, -0.2) is 38.9 Å². The number of aromatic nitrogens is 2. The van der Waals surface area contributed by atoms with E-state index in [1.54, 1.807) is 6.92 Å². The van der Waals surface area contributed by atoms with E-state index in [-0.39, 0.29) is 17.9 Å². The number of piperidine rings is 1. The zero-order valence-electron chi connectivity index (χ0n) is 15.0. The van der Waals surface area contributed by atoms with Crippen LogP contribution in [0.25, 0.3) is 11.0 Å². The first-order chi connectivity index (χ1) is 12.1. The van der Waals surface area contributed by atoms with Crippen LogP contribution in [0.5, 0.6) is 0 Å². The van der Waals surface area contributed by atoms with Crippen LogP contribution < -0.4 is 5.32 Å². The third-order valence-electron chi connectivity index (χ3n) is 4.81. The lowest BCUT2D eigenvalue weighted by molar-refractivity contribution is -0.133. The van der Waals surface area contributed by atoms with E-state index in [1.165, 1.54) is 0 Å². The van der Waals surface area contributed by atoms with Crippen LogP contribution in [0.1, 0.15) is 46.0 Å². The van der Waals surface area contributed by atoms with Gasteiger partial charge in [0.25, 0.3) is 0 Å². The van der Waals surface area contributed by atoms with E-state index in [1.807, 2.05) is 29.2 Å². The molecule has 134 valence electrons. The van der Waals surface area contributed by atoms with Crippen molar-refractivity contribution >= 4 is 28.8 Å². The van der Waals surface area contributed by atoms with Crippen molar-refractivity contribution in [3.05, 3.63) is 24.3 Å². The second-order valence-electron chi connectivity index (χ2n) is 6.69. The van der Waals surface area contributed by atoms with Gasteiger partial charge in [-0.1, -0.05) is 19.1 Å². The number of nitrogens with zero attached hydrogens (tertiary/aromatic N) is 3. The number of likely N-dealkylation sites (tertiary alicyclic amines) is 1. The Morgan fingerprint density at radius 3 is 2.84 bits per heavy atom. The van der Waals surface area contributed by atoms with Gasteiger partial charge in [-0.05, 0) is 37.8 Å². The van der Waals surface area contributed by atoms with Gasteiger partial charge in [-0.3, -0.25) is 14.9 Å². The quantitative estimate of drug-likeness (QED) is 0.907. The van der Waals surface area contributed by atoms with Crippen molar-refractivity contribution in [1.29, 1.82) is 0 Å². The van der Waals surface area contributed by atoms with Gasteiger partial charge in [0, 0.05) is 32.5 Å². The highest BCUT2D eigenvalue weighted by atomic mass is 16.2. The molecule has 1 fully saturated rings. The van der Waals surface area contributed by atoms with Gasteiger partial charge < -0.3 is 9.47 Å². The summed E-state index contributed by atoms with van der Waals surface area (Å²) in [6.45, 7) is 5.24. The average Bonchev–Trinajstić information content (AvgIpc) is 2.93. The summed E-state index contributed by atoms with van der Waals surface area (Å²) < 4.78 is 2.05. The Hall–Kier alpha value is -2.37. The molecule has 1 atom stereocenters. The van der Waals surface area contributed by atoms with E-state index in [2.05, 4.69) is 21.8 Å². The van der Waals surface area contributed by atoms with Crippen molar-refractivity contribution in [3.63, 3.8) is 0 Å². The van der Waals surface area contributed by atoms with Crippen molar-refractivity contribution in [1.82, 2.24) is 14.5 Å². The number of para-hydroxylation sites is 2. The molecule has 1 aromatic heterocycles. The molecule has 1 N–H and O–H groups in total. The Morgan fingerprint density at radius 1 is 1.28 bits per heavy atom. The standard InChI is InChI=1S/C19H26N4O2/c1-3-11-23-17-10-5-4-9-16(17)20-19(23)21-18(25)13-15-8-6-7-12-22(15)14(2)24/h4-5,9-10,15H,3,6-8,11-13H2,1-2H3,(H,20,21,25). The fourth-order valence-corrected chi connectivity index (χ4v) is 3.64. The maximum atomic E-state index is 12.6. The molecule has 2 heterocycles. The smallest absolute Gasteiger partial charge is 0.228 e. The molecule has 6 heteroatoms. The number of hydrogen-bond acceptors (Lipinski definition) is 3. The summed E-state index contributed by atoms with van der Waals surface area (Å²) in [4.78, 5) is 30.8. The minimum atomic E-state index is -0.0780. The minimum absolute atomic E-state index is 0.00439. The highest BCUT2D eigenvalue weighted by Crippen LogP contribution is 2.22. The molecule has 1 saturated heterocycles. The first kappa shape index (κ1) is 17.5. The molecule has 0 radical (unpaired) electrons. The number of nitrogens with one attached hydrogen (secondary N) is 1. The topological polar surface area (TPSA) is 67.2 Å². The van der Waals surface area contributed by atoms with Crippen molar-refractivity contribution in [3.8, 4) is 0 Å². The van der Waals surface area contributed by atoms with Crippen LogP contribution in [-0.2, 0) is 16.1 Å². The molecular weight excluding hydrogens is 316 g/mol. The van der Waals surface area contributed by atoms with Gasteiger partial charge >= 0.3 is 0 Å². The van der Waals surface area contributed by atoms with Gasteiger partial charge in [0.05, 0.1) is 11.0 Å². The van der Waals surface area contributed by atoms with Crippen molar-refractivity contribution in [2.75, 3.05) is 11.9 Å². The highest BCUT2D eigenvalue weighted by molar-refractivity contribution is 5.92. The molecule has 0 saturated carbocycles. The fourth-order valence-electron chi connectivity index (χ4n) is 3.64. The number of aryl methyl sites for hydroxylation is 1. The van der Waals surface area contributed by atoms with Crippen molar-refractivity contribution in [2.45, 2.75) is 58.5 Å². The normalized spacial score (nSPS) is 17.7. The summed E-state index contributed by atoms with van der Waals surface area (Å²) in [6.07, 6.45) is 4.26. The van der Waals surface area contributed by atoms with Crippen LogP contribution in [0.3, 0.4) is 0 Å². The number of benzene rings is 1. The average molecular weight is 342 g/mol. The van der Waals surface area contributed by atoms with Gasteiger partial charge in [0.1, 0.15) is 0 Å². The Bertz CT molecular complexity index is 768. The van der Waals surface area contributed by atoms with E-state index >= 15 is 0 Å². The first-order valence-corrected chi connectivity index (χ1v) is 9.12. The van der Waals surface area contributed by atoms with Crippen LogP contribution >= 0.6 is 0 Å². The molecule has 2 aromatic rings. The number of imidazole rings is 1. The minimum Gasteiger partial charge on any atom is -0.339 e. The van der Waals surface area contributed by atoms with Gasteiger partial charge in [-0.2, -0.15) is 0 Å². The fraction of sp³-hybridized carbons (Fsp3) is 0.526. The zero-order chi connectivity index (χ0) is 17.8. The summed E-state index contributed by atoms with van der Waals surface area (Å²) >= 11 is 0. The molecule has 3 rings (SSSR count). The number of rotatable bonds is 5. The molecule has 6 nitrogen and oxygen atoms in total. The second kappa shape index (κ2) is 7.68. The number of fused-ring (bicyclic) bond motifs is 1. The van der Waals surface area contributed by atoms with Crippen LogP contribution in [0, 0.1) is 0 Å². The Labute approximate surface area is 148 Å². The Balaban J connectivity index is 1.75. The lowest BCUT2D eigenvalue weighted by atomic mass is 9.99. The zero-order valence-corrected chi connectivity index (χ0v) is 15.0. The number of anilines is 1. The van der Waals surface area contributed by atoms with Crippen LogP contribution in [0.2, 0.25) is 0 Å². The number of hydrogen-bond donors (Lipinski definition) is 1. The summed E-state index contributed by atoms with van der Waals surface area (Å²) in [5.74, 6) is 0.569. The van der Waals surface area contributed by atoms with Gasteiger partial charge in [-0.15, -0.1) is 0 Å². The van der Waals surface area contributed by atoms with Crippen LogP contribution in [0.4, 0.5) is 5.95 Å². The molecule has 1 aliphatic heterocycles. The Morgan fingerprint density at radius 2 is 2.08 bits per heavy atom. The molecule has 1 unspecified atom stereocenters. The lowest BCUT2D eigenvalue weighted by Gasteiger charge is -2.34. The molecule has 0 aliphatic carbocycles. The summed E-state index contributed by atoms with van der Waals surface area (Å²) in [5, 5.41) is 2.97. The van der Waals surface area contributed by atoms with Crippen LogP contribution in [0.15, 0.2) is 24.3 Å². The summed E-state index contributed by atoms with van der Waals surface area (Å²) in [5.41, 5.74) is 1.91. The predicted molar refractivity (Wildman–Crippen MR) is 98.3 cm³/mol. The summed E-state index contributed by atoms with van der Waals surface area (Å²) in [6, 6.07) is 7.90. The third-order valence-corrected chi connectivity index (χ3v) is 4.81. The molecule has 2 amide bonds. The third kappa shape index (κ3) is 3.83. The highest BCUT2D eigenvalue weighted by Gasteiger charge is 2.27. The Kier molecular flexibility index (Phi) is 5.36. The van der Waals surface area contributed by atoms with E-state index in [0.29, 0.717) is 12.4 Å². The largest absolute Gasteiger partial charge is 0.339 e. The monoisotopic (exact) mass is 342 g/mol. The number of carbonyl (C=O) groups excluding carboxylic acids is 2. The van der Waals surface area contributed by atoms with Gasteiger partial charge in [0.2, 0.25) is 17.8 Å². The van der Waals surface area contributed by atoms with E-state index < -0.39 is 0 Å². The molecule has 25 heavy (non-hydrogen) atoms. The maximum absolute atomic E-state index is 12.6. The molecule has 0 bridgehead atoms. The van der Waals surface area contributed by atoms with Gasteiger partial charge in [-0.25, -0.2) is 4.98 Å². The maximum Gasteiger partial charge on any atom is 0.228 e. The predicted octanol–water partition coefficient (Wildman–Crippen LogP) is 3.18. The number of amides is 2. The summed E-state index contributed by atoms with van der Waals surface area (Å²) in [7, 11) is 0. The van der Waals surface area contributed by atoms with Crippen molar-refractivity contribution in [2.24, 2.45) is 0 Å². The SMILES string of the molecule is CCCn1c(NC(=O)CC2CCCCN2C(C)=O)nc2ccccc21. The molecular formula is C19H26N4O2. The van der Waals surface area contributed by atoms with E-state index in [9.17, 15) is 9.59 Å². The van der Waals surface area contributed by atoms with Crippen molar-refractivity contribution < 1.29 is 9.59 Å². The van der Waals surface area contributed by atoms with E-state index in [0.717, 1.165) is 49.8 Å². The molecule has 1 aliphatic rings. The second-order valence-corrected chi connectivity index (χ2v) is 6.69. The van der Waals surface area contributed by atoms with E-state index in [4.69, 9.17) is 0 Å².